The fourth-order valence-electron chi connectivity index (χ4n) is 2.02. The SMILES string of the molecule is CN(Cc1ccc(C(F)(F)F)cc1)S(=O)(=O)c1ccc(C#N)cc1. The first-order valence-electron chi connectivity index (χ1n) is 6.77. The lowest BCUT2D eigenvalue weighted by molar-refractivity contribution is -0.137. The van der Waals surface area contributed by atoms with Gasteiger partial charge in [-0.15, -0.1) is 0 Å². The van der Waals surface area contributed by atoms with Crippen LogP contribution >= 0.6 is 0 Å². The zero-order valence-corrected chi connectivity index (χ0v) is 13.4. The maximum Gasteiger partial charge on any atom is 0.416 e. The Morgan fingerprint density at radius 3 is 2.04 bits per heavy atom. The molecule has 0 amide bonds. The first-order chi connectivity index (χ1) is 11.1. The van der Waals surface area contributed by atoms with Crippen LogP contribution in [-0.4, -0.2) is 19.8 Å². The summed E-state index contributed by atoms with van der Waals surface area (Å²) in [6, 6.07) is 11.6. The summed E-state index contributed by atoms with van der Waals surface area (Å²) in [5.41, 5.74) is -0.0223. The number of hydrogen-bond donors (Lipinski definition) is 0. The van der Waals surface area contributed by atoms with Gasteiger partial charge in [-0.1, -0.05) is 12.1 Å². The Labute approximate surface area is 137 Å². The second-order valence-corrected chi connectivity index (χ2v) is 7.14. The van der Waals surface area contributed by atoms with Gasteiger partial charge >= 0.3 is 6.18 Å². The molecule has 126 valence electrons. The average molecular weight is 354 g/mol. The Bertz CT molecular complexity index is 852. The molecule has 2 rings (SSSR count). The van der Waals surface area contributed by atoms with Crippen molar-refractivity contribution in [2.75, 3.05) is 7.05 Å². The van der Waals surface area contributed by atoms with E-state index in [-0.39, 0.29) is 11.4 Å². The van der Waals surface area contributed by atoms with Gasteiger partial charge in [0.15, 0.2) is 0 Å². The lowest BCUT2D eigenvalue weighted by atomic mass is 10.1. The van der Waals surface area contributed by atoms with Crippen molar-refractivity contribution in [1.29, 1.82) is 5.26 Å². The quantitative estimate of drug-likeness (QED) is 0.845. The summed E-state index contributed by atoms with van der Waals surface area (Å²) in [5.74, 6) is 0. The highest BCUT2D eigenvalue weighted by molar-refractivity contribution is 7.89. The van der Waals surface area contributed by atoms with Crippen LogP contribution in [0.4, 0.5) is 13.2 Å². The summed E-state index contributed by atoms with van der Waals surface area (Å²) in [4.78, 5) is 0.0101. The van der Waals surface area contributed by atoms with Gasteiger partial charge < -0.3 is 0 Å². The first-order valence-corrected chi connectivity index (χ1v) is 8.21. The number of benzene rings is 2. The summed E-state index contributed by atoms with van der Waals surface area (Å²) in [7, 11) is -2.46. The normalized spacial score (nSPS) is 12.2. The van der Waals surface area contributed by atoms with Crippen molar-refractivity contribution in [3.63, 3.8) is 0 Å². The summed E-state index contributed by atoms with van der Waals surface area (Å²) >= 11 is 0. The smallest absolute Gasteiger partial charge is 0.207 e. The number of nitriles is 1. The van der Waals surface area contributed by atoms with Gasteiger partial charge in [0.2, 0.25) is 10.0 Å². The van der Waals surface area contributed by atoms with Crippen LogP contribution in [0.3, 0.4) is 0 Å². The highest BCUT2D eigenvalue weighted by atomic mass is 32.2. The largest absolute Gasteiger partial charge is 0.416 e. The molecule has 0 saturated carbocycles. The number of nitrogens with zero attached hydrogens (tertiary/aromatic N) is 2. The number of halogens is 3. The number of sulfonamides is 1. The van der Waals surface area contributed by atoms with E-state index in [0.29, 0.717) is 11.1 Å². The summed E-state index contributed by atoms with van der Waals surface area (Å²) in [6.45, 7) is -0.0690. The van der Waals surface area contributed by atoms with Gasteiger partial charge in [0.25, 0.3) is 0 Å². The van der Waals surface area contributed by atoms with Crippen LogP contribution < -0.4 is 0 Å². The van der Waals surface area contributed by atoms with Crippen molar-refractivity contribution in [2.24, 2.45) is 0 Å². The predicted molar refractivity (Wildman–Crippen MR) is 81.3 cm³/mol. The Morgan fingerprint density at radius 1 is 1.04 bits per heavy atom. The molecule has 2 aromatic rings. The fraction of sp³-hybridized carbons (Fsp3) is 0.188. The predicted octanol–water partition coefficient (Wildman–Crippen LogP) is 3.40. The molecule has 2 aromatic carbocycles. The van der Waals surface area contributed by atoms with E-state index >= 15 is 0 Å². The monoisotopic (exact) mass is 354 g/mol. The van der Waals surface area contributed by atoms with E-state index in [4.69, 9.17) is 5.26 Å². The van der Waals surface area contributed by atoms with Crippen molar-refractivity contribution in [2.45, 2.75) is 17.6 Å². The Kier molecular flexibility index (Phi) is 4.96. The molecule has 8 heteroatoms. The van der Waals surface area contributed by atoms with Crippen molar-refractivity contribution >= 4 is 10.0 Å². The molecule has 0 aliphatic carbocycles. The van der Waals surface area contributed by atoms with Crippen molar-refractivity contribution in [3.8, 4) is 6.07 Å². The first kappa shape index (κ1) is 18.0. The summed E-state index contributed by atoms with van der Waals surface area (Å²) in [6.07, 6.45) is -4.43. The molecular formula is C16H13F3N2O2S. The minimum atomic E-state index is -4.43. The minimum absolute atomic E-state index is 0.0101. The van der Waals surface area contributed by atoms with Crippen LogP contribution in [-0.2, 0) is 22.7 Å². The van der Waals surface area contributed by atoms with Gasteiger partial charge in [0.05, 0.1) is 22.1 Å². The second kappa shape index (κ2) is 6.63. The highest BCUT2D eigenvalue weighted by Crippen LogP contribution is 2.29. The van der Waals surface area contributed by atoms with Crippen LogP contribution in [0.25, 0.3) is 0 Å². The van der Waals surface area contributed by atoms with Crippen LogP contribution in [0.5, 0.6) is 0 Å². The molecule has 0 N–H and O–H groups in total. The van der Waals surface area contributed by atoms with Crippen LogP contribution in [0.2, 0.25) is 0 Å². The molecule has 0 saturated heterocycles. The van der Waals surface area contributed by atoms with Crippen molar-refractivity contribution in [3.05, 3.63) is 65.2 Å². The minimum Gasteiger partial charge on any atom is -0.207 e. The Morgan fingerprint density at radius 2 is 1.58 bits per heavy atom. The molecule has 0 aliphatic rings. The fourth-order valence-corrected chi connectivity index (χ4v) is 3.18. The summed E-state index contributed by atoms with van der Waals surface area (Å²) in [5, 5.41) is 8.72. The molecule has 0 aliphatic heterocycles. The van der Waals surface area contributed by atoms with Crippen LogP contribution in [0.15, 0.2) is 53.4 Å². The molecule has 0 radical (unpaired) electrons. The van der Waals surface area contributed by atoms with Gasteiger partial charge in [0, 0.05) is 13.6 Å². The molecule has 24 heavy (non-hydrogen) atoms. The lowest BCUT2D eigenvalue weighted by Crippen LogP contribution is -2.26. The standard InChI is InChI=1S/C16H13F3N2O2S/c1-21(11-13-2-6-14(7-3-13)16(17,18)19)24(22,23)15-8-4-12(10-20)5-9-15/h2-9H,11H2,1H3. The number of rotatable bonds is 4. The zero-order chi connectivity index (χ0) is 18.0. The third kappa shape index (κ3) is 3.93. The maximum atomic E-state index is 12.5. The lowest BCUT2D eigenvalue weighted by Gasteiger charge is -2.17. The molecule has 0 bridgehead atoms. The third-order valence-electron chi connectivity index (χ3n) is 3.38. The molecule has 0 aromatic heterocycles. The van der Waals surface area contributed by atoms with E-state index in [1.807, 2.05) is 6.07 Å². The Hall–Kier alpha value is -2.37. The molecule has 0 atom stereocenters. The molecule has 0 heterocycles. The van der Waals surface area contributed by atoms with Gasteiger partial charge in [0.1, 0.15) is 0 Å². The van der Waals surface area contributed by atoms with E-state index in [1.165, 1.54) is 43.4 Å². The number of hydrogen-bond acceptors (Lipinski definition) is 3. The van der Waals surface area contributed by atoms with E-state index in [2.05, 4.69) is 0 Å². The van der Waals surface area contributed by atoms with Crippen LogP contribution in [0.1, 0.15) is 16.7 Å². The summed E-state index contributed by atoms with van der Waals surface area (Å²) < 4.78 is 63.5. The highest BCUT2D eigenvalue weighted by Gasteiger charge is 2.30. The molecule has 0 unspecified atom stereocenters. The second-order valence-electron chi connectivity index (χ2n) is 5.09. The topological polar surface area (TPSA) is 61.2 Å². The third-order valence-corrected chi connectivity index (χ3v) is 5.20. The average Bonchev–Trinajstić information content (AvgIpc) is 2.54. The van der Waals surface area contributed by atoms with Gasteiger partial charge in [-0.2, -0.15) is 22.7 Å². The van der Waals surface area contributed by atoms with Crippen LogP contribution in [0, 0.1) is 11.3 Å². The molecular weight excluding hydrogens is 341 g/mol. The Balaban J connectivity index is 2.18. The van der Waals surface area contributed by atoms with E-state index in [1.54, 1.807) is 0 Å². The molecule has 0 fully saturated rings. The zero-order valence-electron chi connectivity index (χ0n) is 12.6. The van der Waals surface area contributed by atoms with Gasteiger partial charge in [-0.05, 0) is 42.0 Å². The molecule has 4 nitrogen and oxygen atoms in total. The maximum absolute atomic E-state index is 12.5. The van der Waals surface area contributed by atoms with E-state index in [9.17, 15) is 21.6 Å². The van der Waals surface area contributed by atoms with E-state index < -0.39 is 21.8 Å². The van der Waals surface area contributed by atoms with Crippen molar-refractivity contribution in [1.82, 2.24) is 4.31 Å². The van der Waals surface area contributed by atoms with Gasteiger partial charge in [-0.3, -0.25) is 0 Å². The molecule has 0 spiro atoms. The van der Waals surface area contributed by atoms with Gasteiger partial charge in [-0.25, -0.2) is 8.42 Å². The van der Waals surface area contributed by atoms with E-state index in [0.717, 1.165) is 16.4 Å². The number of alkyl halides is 3. The van der Waals surface area contributed by atoms with Crippen molar-refractivity contribution < 1.29 is 21.6 Å².